The van der Waals surface area contributed by atoms with Crippen LogP contribution in [0.1, 0.15) is 0 Å². The maximum absolute atomic E-state index is 2.45. The van der Waals surface area contributed by atoms with Gasteiger partial charge < -0.3 is 4.90 Å². The summed E-state index contributed by atoms with van der Waals surface area (Å²) in [7, 11) is 0. The van der Waals surface area contributed by atoms with Crippen molar-refractivity contribution < 1.29 is 0 Å². The molecule has 0 amide bonds. The predicted molar refractivity (Wildman–Crippen MR) is 254 cm³/mol. The second-order valence-electron chi connectivity index (χ2n) is 15.7. The first-order valence-electron chi connectivity index (χ1n) is 20.4. The minimum absolute atomic E-state index is 1.10. The van der Waals surface area contributed by atoms with Crippen LogP contribution in [-0.2, 0) is 0 Å². The van der Waals surface area contributed by atoms with Crippen LogP contribution >= 0.6 is 0 Å². The van der Waals surface area contributed by atoms with E-state index in [1.165, 1.54) is 98.0 Å². The van der Waals surface area contributed by atoms with Crippen molar-refractivity contribution in [2.45, 2.75) is 0 Å². The summed E-state index contributed by atoms with van der Waals surface area (Å²) < 4.78 is 0. The summed E-state index contributed by atoms with van der Waals surface area (Å²) in [5, 5.41) is 15.5. The van der Waals surface area contributed by atoms with E-state index in [1.807, 2.05) is 0 Å². The molecule has 0 aliphatic heterocycles. The third kappa shape index (κ3) is 5.47. The van der Waals surface area contributed by atoms with Crippen molar-refractivity contribution in [3.05, 3.63) is 224 Å². The molecule has 12 rings (SSSR count). The van der Waals surface area contributed by atoms with Crippen LogP contribution in [-0.4, -0.2) is 0 Å². The fraction of sp³-hybridized carbons (Fsp3) is 0. The predicted octanol–water partition coefficient (Wildman–Crippen LogP) is 16.5. The average molecular weight is 748 g/mol. The van der Waals surface area contributed by atoms with Crippen molar-refractivity contribution in [3.8, 4) is 33.4 Å². The Hall–Kier alpha value is -7.74. The Morgan fingerprint density at radius 2 is 0.610 bits per heavy atom. The summed E-state index contributed by atoms with van der Waals surface area (Å²) in [5.74, 6) is 0. The largest absolute Gasteiger partial charge is 0.310 e. The van der Waals surface area contributed by atoms with Gasteiger partial charge in [-0.1, -0.05) is 176 Å². The van der Waals surface area contributed by atoms with Gasteiger partial charge in [0.05, 0.1) is 0 Å². The van der Waals surface area contributed by atoms with E-state index in [0.717, 1.165) is 17.1 Å². The summed E-state index contributed by atoms with van der Waals surface area (Å²) in [6.45, 7) is 0. The van der Waals surface area contributed by atoms with Crippen LogP contribution in [0.4, 0.5) is 17.1 Å². The smallest absolute Gasteiger partial charge is 0.0467 e. The van der Waals surface area contributed by atoms with Gasteiger partial charge in [-0.05, 0) is 147 Å². The number of fused-ring (bicyclic) bond motifs is 2. The van der Waals surface area contributed by atoms with Crippen LogP contribution in [0.3, 0.4) is 0 Å². The lowest BCUT2D eigenvalue weighted by Crippen LogP contribution is -2.10. The van der Waals surface area contributed by atoms with Crippen LogP contribution in [0.5, 0.6) is 0 Å². The standard InChI is InChI=1S/C58H37N/c1-3-11-38(12-4-1)40-27-31-48(32-28-40)59(49-33-29-41(30-34-49)39-13-5-2-6-14-39)50-19-7-18-45(36-50)47-35-46-26-25-44-16-9-21-52-51-20-8-15-42-23-24-43-17-10-22-53(57(43)55(42)51)54(37-47)58(46)56(44)52/h1-37H. The van der Waals surface area contributed by atoms with E-state index < -0.39 is 0 Å². The highest BCUT2D eigenvalue weighted by molar-refractivity contribution is 6.37. The molecule has 0 aliphatic rings. The van der Waals surface area contributed by atoms with E-state index >= 15 is 0 Å². The van der Waals surface area contributed by atoms with Gasteiger partial charge in [0, 0.05) is 17.1 Å². The van der Waals surface area contributed by atoms with E-state index in [0.29, 0.717) is 0 Å². The zero-order valence-electron chi connectivity index (χ0n) is 32.3. The van der Waals surface area contributed by atoms with Gasteiger partial charge in [0.1, 0.15) is 0 Å². The maximum atomic E-state index is 2.45. The zero-order chi connectivity index (χ0) is 38.9. The number of hydrogen-bond acceptors (Lipinski definition) is 1. The lowest BCUT2D eigenvalue weighted by molar-refractivity contribution is 1.28. The number of anilines is 3. The lowest BCUT2D eigenvalue weighted by atomic mass is 9.86. The van der Waals surface area contributed by atoms with Gasteiger partial charge in [0.2, 0.25) is 0 Å². The summed E-state index contributed by atoms with van der Waals surface area (Å²) in [4.78, 5) is 2.38. The van der Waals surface area contributed by atoms with Crippen LogP contribution in [0.2, 0.25) is 0 Å². The topological polar surface area (TPSA) is 3.24 Å². The molecule has 12 aromatic rings. The van der Waals surface area contributed by atoms with Gasteiger partial charge in [-0.3, -0.25) is 0 Å². The molecule has 274 valence electrons. The van der Waals surface area contributed by atoms with E-state index in [4.69, 9.17) is 0 Å². The summed E-state index contributed by atoms with van der Waals surface area (Å²) in [6.07, 6.45) is 0. The Kier molecular flexibility index (Phi) is 7.61. The zero-order valence-corrected chi connectivity index (χ0v) is 32.3. The molecule has 0 fully saturated rings. The van der Waals surface area contributed by atoms with Crippen LogP contribution in [0.25, 0.3) is 98.0 Å². The van der Waals surface area contributed by atoms with E-state index in [1.54, 1.807) is 0 Å². The van der Waals surface area contributed by atoms with Crippen LogP contribution < -0.4 is 4.90 Å². The van der Waals surface area contributed by atoms with Gasteiger partial charge in [-0.2, -0.15) is 0 Å². The van der Waals surface area contributed by atoms with E-state index in [9.17, 15) is 0 Å². The minimum atomic E-state index is 1.10. The first kappa shape index (κ1) is 33.4. The molecule has 0 saturated carbocycles. The Labute approximate surface area is 343 Å². The van der Waals surface area contributed by atoms with Gasteiger partial charge in [0.25, 0.3) is 0 Å². The molecule has 0 aromatic heterocycles. The molecule has 0 spiro atoms. The van der Waals surface area contributed by atoms with Crippen molar-refractivity contribution >= 4 is 81.7 Å². The lowest BCUT2D eigenvalue weighted by Gasteiger charge is -2.26. The molecule has 0 unspecified atom stereocenters. The fourth-order valence-corrected chi connectivity index (χ4v) is 9.59. The highest BCUT2D eigenvalue weighted by Gasteiger charge is 2.18. The Morgan fingerprint density at radius 3 is 1.12 bits per heavy atom. The average Bonchev–Trinajstić information content (AvgIpc) is 3.31. The molecule has 1 nitrogen and oxygen atoms in total. The van der Waals surface area contributed by atoms with Crippen molar-refractivity contribution in [3.63, 3.8) is 0 Å². The van der Waals surface area contributed by atoms with Crippen molar-refractivity contribution in [2.75, 3.05) is 4.90 Å². The molecule has 0 heterocycles. The number of nitrogens with zero attached hydrogens (tertiary/aromatic N) is 1. The third-order valence-corrected chi connectivity index (χ3v) is 12.3. The van der Waals surface area contributed by atoms with Crippen molar-refractivity contribution in [1.29, 1.82) is 0 Å². The summed E-state index contributed by atoms with van der Waals surface area (Å²) in [6, 6.07) is 82.6. The number of benzene rings is 11. The molecule has 0 atom stereocenters. The summed E-state index contributed by atoms with van der Waals surface area (Å²) in [5.41, 5.74) is 10.5. The van der Waals surface area contributed by atoms with Gasteiger partial charge in [0.15, 0.2) is 0 Å². The van der Waals surface area contributed by atoms with Gasteiger partial charge in [-0.15, -0.1) is 0 Å². The molecule has 59 heavy (non-hydrogen) atoms. The second-order valence-corrected chi connectivity index (χ2v) is 15.7. The number of rotatable bonds is 6. The third-order valence-electron chi connectivity index (χ3n) is 12.3. The number of hydrogen-bond donors (Lipinski definition) is 0. The normalized spacial score (nSPS) is 11.7. The van der Waals surface area contributed by atoms with E-state index in [-0.39, 0.29) is 0 Å². The monoisotopic (exact) mass is 747 g/mol. The molecule has 0 N–H and O–H groups in total. The molecule has 0 saturated heterocycles. The minimum Gasteiger partial charge on any atom is -0.310 e. The van der Waals surface area contributed by atoms with E-state index in [2.05, 4.69) is 229 Å². The van der Waals surface area contributed by atoms with Crippen molar-refractivity contribution in [1.82, 2.24) is 0 Å². The molecule has 0 bridgehead atoms. The molecular formula is C58H37N. The first-order chi connectivity index (χ1) is 29.2. The SMILES string of the molecule is c1ccc(-c2ccc(N(c3ccc(-c4ccccc4)cc3)c3cccc(-c4cc5ccc6cccc7c8cccc9ccc%10cccc(c(c4)c5c67)c%10c98)c3)cc2)cc1. The molecule has 12 aromatic carbocycles. The second kappa shape index (κ2) is 13.4. The van der Waals surface area contributed by atoms with Crippen molar-refractivity contribution in [2.24, 2.45) is 0 Å². The highest BCUT2D eigenvalue weighted by Crippen LogP contribution is 2.45. The van der Waals surface area contributed by atoms with Gasteiger partial charge in [-0.25, -0.2) is 0 Å². The van der Waals surface area contributed by atoms with Crippen LogP contribution in [0.15, 0.2) is 224 Å². The Balaban J connectivity index is 1.08. The van der Waals surface area contributed by atoms with Crippen LogP contribution in [0, 0.1) is 0 Å². The van der Waals surface area contributed by atoms with Gasteiger partial charge >= 0.3 is 0 Å². The Bertz CT molecular complexity index is 3420. The first-order valence-corrected chi connectivity index (χ1v) is 20.4. The molecule has 1 heteroatoms. The quantitative estimate of drug-likeness (QED) is 0.153. The maximum Gasteiger partial charge on any atom is 0.0467 e. The summed E-state index contributed by atoms with van der Waals surface area (Å²) >= 11 is 0. The fourth-order valence-electron chi connectivity index (χ4n) is 9.59. The molecular weight excluding hydrogens is 711 g/mol. The molecule has 0 radical (unpaired) electrons. The highest BCUT2D eigenvalue weighted by atomic mass is 15.1. The Morgan fingerprint density at radius 1 is 0.203 bits per heavy atom. The molecule has 0 aliphatic carbocycles.